The van der Waals surface area contributed by atoms with Crippen molar-refractivity contribution in [1.82, 2.24) is 4.98 Å². The summed E-state index contributed by atoms with van der Waals surface area (Å²) in [6, 6.07) is 21.9. The number of nitrogens with zero attached hydrogens (tertiary/aromatic N) is 1. The zero-order chi connectivity index (χ0) is 22.6. The van der Waals surface area contributed by atoms with Gasteiger partial charge in [-0.05, 0) is 66.5 Å². The quantitative estimate of drug-likeness (QED) is 0.395. The number of benzene rings is 2. The molecule has 166 valence electrons. The minimum atomic E-state index is -0.594. The van der Waals surface area contributed by atoms with Gasteiger partial charge in [-0.2, -0.15) is 0 Å². The molecule has 0 N–H and O–H groups in total. The van der Waals surface area contributed by atoms with Crippen molar-refractivity contribution < 1.29 is 19.0 Å². The molecular formula is C27H29NO4. The third-order valence-electron chi connectivity index (χ3n) is 4.88. The van der Waals surface area contributed by atoms with E-state index in [2.05, 4.69) is 23.2 Å². The van der Waals surface area contributed by atoms with Gasteiger partial charge in [-0.1, -0.05) is 42.5 Å². The minimum Gasteiger partial charge on any atom is -0.490 e. The molecule has 0 saturated carbocycles. The van der Waals surface area contributed by atoms with E-state index in [1.165, 1.54) is 0 Å². The van der Waals surface area contributed by atoms with Gasteiger partial charge in [0.2, 0.25) is 0 Å². The van der Waals surface area contributed by atoms with Crippen LogP contribution >= 0.6 is 0 Å². The van der Waals surface area contributed by atoms with Gasteiger partial charge in [-0.25, -0.2) is 4.79 Å². The average Bonchev–Trinajstić information content (AvgIpc) is 2.84. The van der Waals surface area contributed by atoms with Crippen LogP contribution in [-0.4, -0.2) is 36.9 Å². The number of carbonyl (C=O) groups excluding carboxylic acids is 1. The summed E-state index contributed by atoms with van der Waals surface area (Å²) >= 11 is 0. The van der Waals surface area contributed by atoms with E-state index in [0.717, 1.165) is 28.0 Å². The van der Waals surface area contributed by atoms with Gasteiger partial charge in [0.25, 0.3) is 0 Å². The molecular weight excluding hydrogens is 402 g/mol. The Kier molecular flexibility index (Phi) is 9.02. The normalized spacial score (nSPS) is 12.2. The van der Waals surface area contributed by atoms with Crippen molar-refractivity contribution in [2.75, 3.05) is 19.8 Å². The summed E-state index contributed by atoms with van der Waals surface area (Å²) in [5, 5.41) is 0. The molecule has 0 aliphatic carbocycles. The lowest BCUT2D eigenvalue weighted by Gasteiger charge is -2.15. The summed E-state index contributed by atoms with van der Waals surface area (Å²) in [5.41, 5.74) is 4.30. The molecule has 0 spiro atoms. The van der Waals surface area contributed by atoms with E-state index < -0.39 is 6.10 Å². The lowest BCUT2D eigenvalue weighted by atomic mass is 9.99. The smallest absolute Gasteiger partial charge is 0.335 e. The van der Waals surface area contributed by atoms with E-state index in [1.54, 1.807) is 19.3 Å². The van der Waals surface area contributed by atoms with Crippen molar-refractivity contribution in [3.05, 3.63) is 102 Å². The Balaban J connectivity index is 1.65. The van der Waals surface area contributed by atoms with E-state index in [-0.39, 0.29) is 5.97 Å². The number of rotatable bonds is 11. The molecule has 0 aliphatic rings. The standard InChI is InChI=1S/C27H29NO4/c1-3-30-26(27(29)31-4-2)20-21-10-12-24(13-11-21)32-19-16-25(22-8-6-5-7-9-22)23-14-17-28-18-15-23/h5-18,26H,3-4,19-20H2,1-2H3. The van der Waals surface area contributed by atoms with Crippen molar-refractivity contribution in [1.29, 1.82) is 0 Å². The SMILES string of the molecule is CCOC(=O)C(Cc1ccc(OCC=C(c2ccccc2)c2ccncc2)cc1)OCC. The Bertz CT molecular complexity index is 944. The van der Waals surface area contributed by atoms with E-state index >= 15 is 0 Å². The molecule has 5 nitrogen and oxygen atoms in total. The fraction of sp³-hybridized carbons (Fsp3) is 0.259. The Morgan fingerprint density at radius 1 is 0.906 bits per heavy atom. The number of carbonyl (C=O) groups is 1. The topological polar surface area (TPSA) is 57.7 Å². The highest BCUT2D eigenvalue weighted by molar-refractivity contribution is 5.79. The molecule has 0 aliphatic heterocycles. The van der Waals surface area contributed by atoms with Crippen LogP contribution in [0.15, 0.2) is 85.2 Å². The molecule has 3 rings (SSSR count). The fourth-order valence-corrected chi connectivity index (χ4v) is 3.36. The van der Waals surface area contributed by atoms with Crippen LogP contribution in [0.4, 0.5) is 0 Å². The highest BCUT2D eigenvalue weighted by Crippen LogP contribution is 2.23. The molecule has 1 unspecified atom stereocenters. The monoisotopic (exact) mass is 431 g/mol. The molecule has 1 aromatic heterocycles. The summed E-state index contributed by atoms with van der Waals surface area (Å²) in [7, 11) is 0. The first-order chi connectivity index (χ1) is 15.7. The van der Waals surface area contributed by atoms with Crippen molar-refractivity contribution in [3.8, 4) is 5.75 Å². The second-order valence-electron chi connectivity index (χ2n) is 7.07. The van der Waals surface area contributed by atoms with Crippen LogP contribution in [0, 0.1) is 0 Å². The fourth-order valence-electron chi connectivity index (χ4n) is 3.36. The second kappa shape index (κ2) is 12.4. The summed E-state index contributed by atoms with van der Waals surface area (Å²) < 4.78 is 16.6. The summed E-state index contributed by atoms with van der Waals surface area (Å²) in [6.07, 6.45) is 5.52. The van der Waals surface area contributed by atoms with Gasteiger partial charge in [-0.3, -0.25) is 4.98 Å². The molecule has 0 fully saturated rings. The van der Waals surface area contributed by atoms with E-state index in [4.69, 9.17) is 14.2 Å². The summed E-state index contributed by atoms with van der Waals surface area (Å²) in [6.45, 7) is 4.88. The summed E-state index contributed by atoms with van der Waals surface area (Å²) in [5.74, 6) is 0.431. The second-order valence-corrected chi connectivity index (χ2v) is 7.07. The first-order valence-corrected chi connectivity index (χ1v) is 10.9. The molecule has 0 radical (unpaired) electrons. The Morgan fingerprint density at radius 3 is 2.25 bits per heavy atom. The van der Waals surface area contributed by atoms with Crippen LogP contribution < -0.4 is 4.74 Å². The highest BCUT2D eigenvalue weighted by Gasteiger charge is 2.20. The van der Waals surface area contributed by atoms with Gasteiger partial charge >= 0.3 is 5.97 Å². The van der Waals surface area contributed by atoms with Gasteiger partial charge in [0, 0.05) is 25.4 Å². The molecule has 32 heavy (non-hydrogen) atoms. The predicted molar refractivity (Wildman–Crippen MR) is 125 cm³/mol. The number of esters is 1. The molecule has 1 heterocycles. The first kappa shape index (κ1) is 23.2. The van der Waals surface area contributed by atoms with Crippen LogP contribution in [0.5, 0.6) is 5.75 Å². The Hall–Kier alpha value is -3.44. The number of aromatic nitrogens is 1. The van der Waals surface area contributed by atoms with Gasteiger partial charge in [0.1, 0.15) is 12.4 Å². The van der Waals surface area contributed by atoms with Crippen molar-refractivity contribution >= 4 is 11.5 Å². The third kappa shape index (κ3) is 6.79. The number of ether oxygens (including phenoxy) is 3. The lowest BCUT2D eigenvalue weighted by Crippen LogP contribution is -2.28. The van der Waals surface area contributed by atoms with Gasteiger partial charge < -0.3 is 14.2 Å². The van der Waals surface area contributed by atoms with Crippen LogP contribution in [0.2, 0.25) is 0 Å². The Morgan fingerprint density at radius 2 is 1.59 bits per heavy atom. The van der Waals surface area contributed by atoms with Crippen LogP contribution in [0.3, 0.4) is 0 Å². The third-order valence-corrected chi connectivity index (χ3v) is 4.88. The molecule has 0 amide bonds. The predicted octanol–water partition coefficient (Wildman–Crippen LogP) is 5.10. The van der Waals surface area contributed by atoms with Crippen molar-refractivity contribution in [2.24, 2.45) is 0 Å². The lowest BCUT2D eigenvalue weighted by molar-refractivity contribution is -0.156. The van der Waals surface area contributed by atoms with Gasteiger partial charge in [0.15, 0.2) is 6.10 Å². The van der Waals surface area contributed by atoms with Crippen LogP contribution in [0.1, 0.15) is 30.5 Å². The maximum Gasteiger partial charge on any atom is 0.335 e. The minimum absolute atomic E-state index is 0.329. The first-order valence-electron chi connectivity index (χ1n) is 10.9. The van der Waals surface area contributed by atoms with E-state index in [0.29, 0.717) is 26.2 Å². The van der Waals surface area contributed by atoms with Gasteiger partial charge in [0.05, 0.1) is 6.61 Å². The molecule has 0 bridgehead atoms. The summed E-state index contributed by atoms with van der Waals surface area (Å²) in [4.78, 5) is 16.2. The van der Waals surface area contributed by atoms with Crippen LogP contribution in [-0.2, 0) is 20.7 Å². The molecule has 1 atom stereocenters. The maximum absolute atomic E-state index is 12.1. The van der Waals surface area contributed by atoms with Gasteiger partial charge in [-0.15, -0.1) is 0 Å². The molecule has 0 saturated heterocycles. The van der Waals surface area contributed by atoms with Crippen LogP contribution in [0.25, 0.3) is 5.57 Å². The number of pyridine rings is 1. The molecule has 3 aromatic rings. The highest BCUT2D eigenvalue weighted by atomic mass is 16.6. The molecule has 2 aromatic carbocycles. The Labute approximate surface area is 189 Å². The largest absolute Gasteiger partial charge is 0.490 e. The van der Waals surface area contributed by atoms with Crippen molar-refractivity contribution in [2.45, 2.75) is 26.4 Å². The van der Waals surface area contributed by atoms with E-state index in [9.17, 15) is 4.79 Å². The number of hydrogen-bond acceptors (Lipinski definition) is 5. The van der Waals surface area contributed by atoms with E-state index in [1.807, 2.05) is 61.5 Å². The zero-order valence-corrected chi connectivity index (χ0v) is 18.6. The van der Waals surface area contributed by atoms with Crippen molar-refractivity contribution in [3.63, 3.8) is 0 Å². The zero-order valence-electron chi connectivity index (χ0n) is 18.6. The number of hydrogen-bond donors (Lipinski definition) is 0. The molecule has 5 heteroatoms. The average molecular weight is 432 g/mol. The maximum atomic E-state index is 12.1.